The molecule has 22 heavy (non-hydrogen) atoms. The van der Waals surface area contributed by atoms with Crippen LogP contribution in [0.2, 0.25) is 5.02 Å². The van der Waals surface area contributed by atoms with Gasteiger partial charge < -0.3 is 0 Å². The standard InChI is InChI=1S/C12H9ClN4O2S3/c1-22(18,19)17-11-15-16-12(21-11)20-10-4-5-14-9-6-7(13)2-3-8(9)10/h2-6H,1H3,(H,15,17). The number of nitrogens with zero attached hydrogens (tertiary/aromatic N) is 3. The summed E-state index contributed by atoms with van der Waals surface area (Å²) in [5.41, 5.74) is 0.788. The Morgan fingerprint density at radius 1 is 1.27 bits per heavy atom. The van der Waals surface area contributed by atoms with Crippen molar-refractivity contribution in [2.24, 2.45) is 0 Å². The molecule has 0 fully saturated rings. The zero-order valence-corrected chi connectivity index (χ0v) is 14.4. The molecule has 0 aliphatic carbocycles. The van der Waals surface area contributed by atoms with Crippen molar-refractivity contribution >= 4 is 60.8 Å². The minimum atomic E-state index is -3.35. The van der Waals surface area contributed by atoms with Gasteiger partial charge in [0.05, 0.1) is 11.8 Å². The molecule has 1 N–H and O–H groups in total. The number of anilines is 1. The molecule has 0 saturated carbocycles. The molecule has 0 aliphatic rings. The van der Waals surface area contributed by atoms with Gasteiger partial charge in [0.2, 0.25) is 15.2 Å². The quantitative estimate of drug-likeness (QED) is 0.756. The number of fused-ring (bicyclic) bond motifs is 1. The molecular formula is C12H9ClN4O2S3. The van der Waals surface area contributed by atoms with E-state index >= 15 is 0 Å². The first kappa shape index (κ1) is 15.5. The summed E-state index contributed by atoms with van der Waals surface area (Å²) in [5.74, 6) is 0. The van der Waals surface area contributed by atoms with Crippen LogP contribution in [-0.2, 0) is 10.0 Å². The molecular weight excluding hydrogens is 364 g/mol. The van der Waals surface area contributed by atoms with E-state index in [-0.39, 0.29) is 5.13 Å². The fraction of sp³-hybridized carbons (Fsp3) is 0.0833. The average Bonchev–Trinajstić information content (AvgIpc) is 2.83. The lowest BCUT2D eigenvalue weighted by molar-refractivity contribution is 0.606. The van der Waals surface area contributed by atoms with Gasteiger partial charge >= 0.3 is 0 Å². The summed E-state index contributed by atoms with van der Waals surface area (Å²) in [5, 5.41) is 9.60. The molecule has 6 nitrogen and oxygen atoms in total. The fourth-order valence-corrected chi connectivity index (χ4v) is 4.56. The third kappa shape index (κ3) is 3.67. The Labute approximate surface area is 140 Å². The maximum Gasteiger partial charge on any atom is 0.231 e. The lowest BCUT2D eigenvalue weighted by Gasteiger charge is -2.03. The van der Waals surface area contributed by atoms with Crippen LogP contribution < -0.4 is 4.72 Å². The molecule has 3 rings (SSSR count). The van der Waals surface area contributed by atoms with Crippen LogP contribution >= 0.6 is 34.7 Å². The number of hydrogen-bond acceptors (Lipinski definition) is 7. The van der Waals surface area contributed by atoms with E-state index in [1.54, 1.807) is 18.3 Å². The summed E-state index contributed by atoms with van der Waals surface area (Å²) in [6, 6.07) is 7.35. The molecule has 3 aromatic rings. The Bertz CT molecular complexity index is 942. The minimum Gasteiger partial charge on any atom is -0.257 e. The van der Waals surface area contributed by atoms with Crippen molar-refractivity contribution in [2.75, 3.05) is 11.0 Å². The van der Waals surface area contributed by atoms with Crippen LogP contribution in [0, 0.1) is 0 Å². The maximum atomic E-state index is 11.2. The molecule has 0 spiro atoms. The van der Waals surface area contributed by atoms with E-state index < -0.39 is 10.0 Å². The average molecular weight is 373 g/mol. The van der Waals surface area contributed by atoms with Gasteiger partial charge in [0, 0.05) is 21.5 Å². The number of nitrogens with one attached hydrogen (secondary N) is 1. The van der Waals surface area contributed by atoms with E-state index in [2.05, 4.69) is 19.9 Å². The van der Waals surface area contributed by atoms with Gasteiger partial charge in [0.15, 0.2) is 4.34 Å². The number of halogens is 1. The monoisotopic (exact) mass is 372 g/mol. The number of sulfonamides is 1. The smallest absolute Gasteiger partial charge is 0.231 e. The predicted molar refractivity (Wildman–Crippen MR) is 89.3 cm³/mol. The third-order valence-electron chi connectivity index (χ3n) is 2.54. The molecule has 0 amide bonds. The van der Waals surface area contributed by atoms with Gasteiger partial charge in [-0.3, -0.25) is 9.71 Å². The van der Waals surface area contributed by atoms with Crippen molar-refractivity contribution in [3.05, 3.63) is 35.5 Å². The van der Waals surface area contributed by atoms with E-state index in [1.807, 2.05) is 12.1 Å². The zero-order valence-electron chi connectivity index (χ0n) is 11.1. The highest BCUT2D eigenvalue weighted by atomic mass is 35.5. The highest BCUT2D eigenvalue weighted by Crippen LogP contribution is 2.36. The second kappa shape index (κ2) is 5.99. The number of rotatable bonds is 4. The molecule has 114 valence electrons. The van der Waals surface area contributed by atoms with Crippen LogP contribution in [0.4, 0.5) is 5.13 Å². The van der Waals surface area contributed by atoms with Gasteiger partial charge in [0.25, 0.3) is 0 Å². The van der Waals surface area contributed by atoms with E-state index in [1.165, 1.54) is 23.1 Å². The lowest BCUT2D eigenvalue weighted by atomic mass is 10.2. The molecule has 2 heterocycles. The van der Waals surface area contributed by atoms with Crippen LogP contribution in [0.15, 0.2) is 39.7 Å². The van der Waals surface area contributed by atoms with Crippen LogP contribution in [0.25, 0.3) is 10.9 Å². The maximum absolute atomic E-state index is 11.2. The van der Waals surface area contributed by atoms with Crippen LogP contribution in [0.5, 0.6) is 0 Å². The summed E-state index contributed by atoms with van der Waals surface area (Å²) in [4.78, 5) is 5.22. The molecule has 10 heteroatoms. The molecule has 0 radical (unpaired) electrons. The molecule has 1 aromatic carbocycles. The molecule has 0 unspecified atom stereocenters. The van der Waals surface area contributed by atoms with Crippen LogP contribution in [0.3, 0.4) is 0 Å². The first-order valence-corrected chi connectivity index (χ1v) is 9.84. The Kier molecular flexibility index (Phi) is 4.22. The topological polar surface area (TPSA) is 84.8 Å². The van der Waals surface area contributed by atoms with Gasteiger partial charge in [-0.05, 0) is 18.2 Å². The van der Waals surface area contributed by atoms with E-state index in [0.29, 0.717) is 9.36 Å². The van der Waals surface area contributed by atoms with E-state index in [4.69, 9.17) is 11.6 Å². The second-order valence-electron chi connectivity index (χ2n) is 4.32. The summed E-state index contributed by atoms with van der Waals surface area (Å²) in [6.07, 6.45) is 2.76. The minimum absolute atomic E-state index is 0.242. The van der Waals surface area contributed by atoms with E-state index in [0.717, 1.165) is 22.1 Å². The van der Waals surface area contributed by atoms with Crippen LogP contribution in [0.1, 0.15) is 0 Å². The van der Waals surface area contributed by atoms with Crippen LogP contribution in [-0.4, -0.2) is 29.9 Å². The summed E-state index contributed by atoms with van der Waals surface area (Å²) in [7, 11) is -3.35. The van der Waals surface area contributed by atoms with E-state index in [9.17, 15) is 8.42 Å². The number of hydrogen-bond donors (Lipinski definition) is 1. The zero-order chi connectivity index (χ0) is 15.7. The molecule has 2 aromatic heterocycles. The van der Waals surface area contributed by atoms with Crippen molar-refractivity contribution in [1.82, 2.24) is 15.2 Å². The summed E-state index contributed by atoms with van der Waals surface area (Å²) >= 11 is 8.53. The first-order chi connectivity index (χ1) is 10.4. The fourth-order valence-electron chi connectivity index (χ4n) is 1.73. The van der Waals surface area contributed by atoms with Crippen molar-refractivity contribution < 1.29 is 8.42 Å². The SMILES string of the molecule is CS(=O)(=O)Nc1nnc(Sc2ccnc3cc(Cl)ccc23)s1. The van der Waals surface area contributed by atoms with Crippen molar-refractivity contribution in [3.8, 4) is 0 Å². The summed E-state index contributed by atoms with van der Waals surface area (Å²) < 4.78 is 25.3. The lowest BCUT2D eigenvalue weighted by Crippen LogP contribution is -2.08. The highest BCUT2D eigenvalue weighted by Gasteiger charge is 2.11. The van der Waals surface area contributed by atoms with Gasteiger partial charge in [-0.15, -0.1) is 10.2 Å². The Balaban J connectivity index is 1.90. The molecule has 0 atom stereocenters. The Morgan fingerprint density at radius 2 is 2.09 bits per heavy atom. The van der Waals surface area contributed by atoms with Gasteiger partial charge in [-0.1, -0.05) is 40.8 Å². The van der Waals surface area contributed by atoms with Gasteiger partial charge in [-0.25, -0.2) is 8.42 Å². The highest BCUT2D eigenvalue weighted by molar-refractivity contribution is 8.01. The third-order valence-corrected chi connectivity index (χ3v) is 5.44. The molecule has 0 aliphatic heterocycles. The van der Waals surface area contributed by atoms with Gasteiger partial charge in [-0.2, -0.15) is 0 Å². The number of pyridine rings is 1. The number of aromatic nitrogens is 3. The van der Waals surface area contributed by atoms with Crippen molar-refractivity contribution in [1.29, 1.82) is 0 Å². The molecule has 0 saturated heterocycles. The van der Waals surface area contributed by atoms with Gasteiger partial charge in [0.1, 0.15) is 0 Å². The molecule has 0 bridgehead atoms. The normalized spacial score (nSPS) is 11.7. The Hall–Kier alpha value is -1.42. The largest absolute Gasteiger partial charge is 0.257 e. The van der Waals surface area contributed by atoms with Crippen molar-refractivity contribution in [2.45, 2.75) is 9.24 Å². The Morgan fingerprint density at radius 3 is 2.86 bits per heavy atom. The first-order valence-electron chi connectivity index (χ1n) is 5.94. The second-order valence-corrected chi connectivity index (χ2v) is 8.77. The number of benzene rings is 1. The predicted octanol–water partition coefficient (Wildman–Crippen LogP) is 3.26. The van der Waals surface area contributed by atoms with Crippen molar-refractivity contribution in [3.63, 3.8) is 0 Å². The summed E-state index contributed by atoms with van der Waals surface area (Å²) in [6.45, 7) is 0.